The molecule has 0 radical (unpaired) electrons. The SMILES string of the molecule is CCCCCCOC(=O)C(C)(C)N[P@](=O)(CO[C@H](C)Cn1cnc2c(N)ncnc21)O[C@@H](C)C(=O)OC1CCCC1. The number of fused-ring (bicyclic) bond motifs is 1. The molecule has 3 N–H and O–H groups in total. The van der Waals surface area contributed by atoms with Gasteiger partial charge in [0.15, 0.2) is 17.6 Å². The number of nitrogens with one attached hydrogen (secondary N) is 1. The Kier molecular flexibility index (Phi) is 12.1. The number of esters is 2. The molecule has 3 rings (SSSR count). The first kappa shape index (κ1) is 32.9. The van der Waals surface area contributed by atoms with Crippen LogP contribution < -0.4 is 10.8 Å². The first-order chi connectivity index (χ1) is 19.4. The maximum absolute atomic E-state index is 14.1. The fourth-order valence-electron chi connectivity index (χ4n) is 4.59. The number of nitrogens with zero attached hydrogens (tertiary/aromatic N) is 4. The molecule has 14 heteroatoms. The van der Waals surface area contributed by atoms with Crippen molar-refractivity contribution in [3.63, 3.8) is 0 Å². The van der Waals surface area contributed by atoms with Crippen LogP contribution in [0, 0.1) is 0 Å². The molecule has 41 heavy (non-hydrogen) atoms. The Hall–Kier alpha value is -2.60. The van der Waals surface area contributed by atoms with Crippen molar-refractivity contribution in [3.8, 4) is 0 Å². The van der Waals surface area contributed by atoms with Gasteiger partial charge in [-0.1, -0.05) is 26.2 Å². The van der Waals surface area contributed by atoms with E-state index < -0.39 is 43.6 Å². The zero-order valence-electron chi connectivity index (χ0n) is 24.8. The molecule has 0 spiro atoms. The molecular weight excluding hydrogens is 551 g/mol. The molecule has 2 heterocycles. The van der Waals surface area contributed by atoms with Gasteiger partial charge in [-0.15, -0.1) is 0 Å². The highest BCUT2D eigenvalue weighted by atomic mass is 31.2. The molecule has 0 amide bonds. The molecule has 2 aromatic rings. The summed E-state index contributed by atoms with van der Waals surface area (Å²) in [7, 11) is -3.94. The Balaban J connectivity index is 1.67. The number of imidazole rings is 1. The smallest absolute Gasteiger partial charge is 0.335 e. The number of nitrogen functional groups attached to an aromatic ring is 1. The minimum atomic E-state index is -3.94. The van der Waals surface area contributed by atoms with Gasteiger partial charge in [-0.05, 0) is 59.8 Å². The van der Waals surface area contributed by atoms with E-state index in [9.17, 15) is 14.2 Å². The molecule has 1 saturated carbocycles. The van der Waals surface area contributed by atoms with Crippen molar-refractivity contribution in [3.05, 3.63) is 12.7 Å². The lowest BCUT2D eigenvalue weighted by molar-refractivity contribution is -0.156. The first-order valence-corrected chi connectivity index (χ1v) is 16.2. The molecule has 0 saturated heterocycles. The van der Waals surface area contributed by atoms with Gasteiger partial charge in [0.25, 0.3) is 7.52 Å². The van der Waals surface area contributed by atoms with Gasteiger partial charge in [0.1, 0.15) is 29.8 Å². The standard InChI is InChI=1S/C27H45N6O7P/c1-6-7-8-11-14-37-26(35)27(4,5)32-41(36,40-20(3)25(34)39-21-12-9-10-13-21)18-38-19(2)15-33-17-31-22-23(28)29-16-30-24(22)33/h16-17,19-21H,6-15,18H2,1-5H3,(H,32,36)(H2,28,29,30)/t19-,20+,41+/m1/s1. The van der Waals surface area contributed by atoms with Crippen LogP contribution in [0.15, 0.2) is 12.7 Å². The van der Waals surface area contributed by atoms with Crippen LogP contribution in [0.5, 0.6) is 0 Å². The van der Waals surface area contributed by atoms with Crippen LogP contribution in [0.1, 0.15) is 86.0 Å². The summed E-state index contributed by atoms with van der Waals surface area (Å²) in [5, 5.41) is 2.82. The Morgan fingerprint density at radius 2 is 1.90 bits per heavy atom. The third-order valence-corrected chi connectivity index (χ3v) is 8.89. The molecule has 0 unspecified atom stereocenters. The van der Waals surface area contributed by atoms with E-state index in [-0.39, 0.29) is 18.5 Å². The summed E-state index contributed by atoms with van der Waals surface area (Å²) in [6, 6.07) is 0. The highest BCUT2D eigenvalue weighted by Crippen LogP contribution is 2.46. The maximum Gasteiger partial charge on any atom is 0.335 e. The van der Waals surface area contributed by atoms with Gasteiger partial charge in [-0.2, -0.15) is 0 Å². The van der Waals surface area contributed by atoms with Crippen LogP contribution >= 0.6 is 7.52 Å². The number of unbranched alkanes of at least 4 members (excludes halogenated alkanes) is 3. The van der Waals surface area contributed by atoms with Crippen LogP contribution in [-0.4, -0.2) is 68.3 Å². The molecule has 2 aromatic heterocycles. The summed E-state index contributed by atoms with van der Waals surface area (Å²) in [6.07, 6.45) is 8.14. The van der Waals surface area contributed by atoms with Gasteiger partial charge in [-0.25, -0.2) is 24.8 Å². The minimum absolute atomic E-state index is 0.167. The molecule has 0 bridgehead atoms. The third-order valence-electron chi connectivity index (χ3n) is 6.85. The van der Waals surface area contributed by atoms with E-state index >= 15 is 0 Å². The van der Waals surface area contributed by atoms with E-state index in [1.54, 1.807) is 31.7 Å². The van der Waals surface area contributed by atoms with Crippen molar-refractivity contribution in [2.75, 3.05) is 18.7 Å². The van der Waals surface area contributed by atoms with Gasteiger partial charge in [0, 0.05) is 0 Å². The van der Waals surface area contributed by atoms with Crippen molar-refractivity contribution in [2.45, 2.75) is 116 Å². The van der Waals surface area contributed by atoms with Crippen LogP contribution in [0.2, 0.25) is 0 Å². The monoisotopic (exact) mass is 596 g/mol. The molecule has 1 aliphatic carbocycles. The van der Waals surface area contributed by atoms with Crippen molar-refractivity contribution in [1.29, 1.82) is 0 Å². The molecule has 0 aliphatic heterocycles. The predicted octanol–water partition coefficient (Wildman–Crippen LogP) is 4.35. The lowest BCUT2D eigenvalue weighted by Crippen LogP contribution is -2.47. The van der Waals surface area contributed by atoms with E-state index in [2.05, 4.69) is 27.0 Å². The molecular formula is C27H45N6O7P. The highest BCUT2D eigenvalue weighted by Gasteiger charge is 2.41. The van der Waals surface area contributed by atoms with Gasteiger partial charge in [-0.3, -0.25) is 9.36 Å². The third kappa shape index (κ3) is 9.73. The Labute approximate surface area is 241 Å². The van der Waals surface area contributed by atoms with Gasteiger partial charge in [0.05, 0.1) is 25.6 Å². The number of rotatable bonds is 17. The topological polar surface area (TPSA) is 170 Å². The van der Waals surface area contributed by atoms with Crippen LogP contribution in [-0.2, 0) is 39.4 Å². The number of ether oxygens (including phenoxy) is 3. The fraction of sp³-hybridized carbons (Fsp3) is 0.741. The summed E-state index contributed by atoms with van der Waals surface area (Å²) >= 11 is 0. The Morgan fingerprint density at radius 3 is 2.61 bits per heavy atom. The molecule has 1 fully saturated rings. The van der Waals surface area contributed by atoms with Gasteiger partial charge in [0.2, 0.25) is 0 Å². The zero-order valence-corrected chi connectivity index (χ0v) is 25.7. The van der Waals surface area contributed by atoms with Crippen molar-refractivity contribution >= 4 is 36.4 Å². The second kappa shape index (κ2) is 15.0. The van der Waals surface area contributed by atoms with Crippen LogP contribution in [0.3, 0.4) is 0 Å². The quantitative estimate of drug-likeness (QED) is 0.151. The molecule has 3 atom stereocenters. The average molecular weight is 597 g/mol. The summed E-state index contributed by atoms with van der Waals surface area (Å²) in [5.41, 5.74) is 5.51. The van der Waals surface area contributed by atoms with Crippen molar-refractivity contribution in [1.82, 2.24) is 24.6 Å². The number of hydrogen-bond donors (Lipinski definition) is 2. The maximum atomic E-state index is 14.1. The summed E-state index contributed by atoms with van der Waals surface area (Å²) < 4.78 is 38.6. The number of carbonyl (C=O) groups is 2. The van der Waals surface area contributed by atoms with E-state index in [4.69, 9.17) is 24.5 Å². The Morgan fingerprint density at radius 1 is 1.17 bits per heavy atom. The molecule has 1 aliphatic rings. The van der Waals surface area contributed by atoms with E-state index in [0.717, 1.165) is 51.4 Å². The fourth-order valence-corrected chi connectivity index (χ4v) is 6.76. The summed E-state index contributed by atoms with van der Waals surface area (Å²) in [5.74, 6) is -0.915. The van der Waals surface area contributed by atoms with Gasteiger partial charge >= 0.3 is 11.9 Å². The number of anilines is 1. The highest BCUT2D eigenvalue weighted by molar-refractivity contribution is 7.56. The predicted molar refractivity (Wildman–Crippen MR) is 154 cm³/mol. The lowest BCUT2D eigenvalue weighted by Gasteiger charge is -2.31. The second-order valence-electron chi connectivity index (χ2n) is 11.1. The Bertz CT molecular complexity index is 1200. The largest absolute Gasteiger partial charge is 0.464 e. The van der Waals surface area contributed by atoms with Crippen LogP contribution in [0.4, 0.5) is 5.82 Å². The van der Waals surface area contributed by atoms with Crippen molar-refractivity contribution < 1.29 is 32.9 Å². The normalized spacial score (nSPS) is 17.3. The van der Waals surface area contributed by atoms with E-state index in [1.807, 2.05) is 0 Å². The van der Waals surface area contributed by atoms with Gasteiger partial charge < -0.3 is 29.0 Å². The van der Waals surface area contributed by atoms with E-state index in [0.29, 0.717) is 17.7 Å². The van der Waals surface area contributed by atoms with Crippen molar-refractivity contribution in [2.24, 2.45) is 0 Å². The second-order valence-corrected chi connectivity index (χ2v) is 13.2. The number of hydrogen-bond acceptors (Lipinski definition) is 11. The zero-order chi connectivity index (χ0) is 30.0. The first-order valence-electron chi connectivity index (χ1n) is 14.4. The molecule has 13 nitrogen and oxygen atoms in total. The van der Waals surface area contributed by atoms with E-state index in [1.165, 1.54) is 13.3 Å². The summed E-state index contributed by atoms with van der Waals surface area (Å²) in [6.45, 7) is 9.07. The molecule has 0 aromatic carbocycles. The molecule has 230 valence electrons. The number of carbonyl (C=O) groups excluding carboxylic acids is 2. The van der Waals surface area contributed by atoms with Crippen LogP contribution in [0.25, 0.3) is 11.2 Å². The average Bonchev–Trinajstić information content (AvgIpc) is 3.58. The minimum Gasteiger partial charge on any atom is -0.464 e. The lowest BCUT2D eigenvalue weighted by atomic mass is 10.1. The number of nitrogens with two attached hydrogens (primary N) is 1. The number of aromatic nitrogens is 4. The summed E-state index contributed by atoms with van der Waals surface area (Å²) in [4.78, 5) is 38.1.